The maximum Gasteiger partial charge on any atom is 0.472 e. The number of phosphoric ester groups is 2. The van der Waals surface area contributed by atoms with Crippen LogP contribution in [0.15, 0.2) is 85.1 Å². The highest BCUT2D eigenvalue weighted by Gasteiger charge is 2.29. The van der Waals surface area contributed by atoms with Crippen LogP contribution in [0.1, 0.15) is 303 Å². The van der Waals surface area contributed by atoms with E-state index in [1.807, 2.05) is 0 Å². The molecule has 0 heterocycles. The lowest BCUT2D eigenvalue weighted by molar-refractivity contribution is -0.161. The fourth-order valence-electron chi connectivity index (χ4n) is 9.63. The molecule has 4 N–H and O–H groups in total. The summed E-state index contributed by atoms with van der Waals surface area (Å²) in [4.78, 5) is 58.4. The van der Waals surface area contributed by atoms with Crippen LogP contribution in [0, 0.1) is 0 Å². The van der Waals surface area contributed by atoms with Crippen LogP contribution in [0.2, 0.25) is 0 Å². The van der Waals surface area contributed by atoms with Gasteiger partial charge in [0.1, 0.15) is 25.4 Å². The van der Waals surface area contributed by atoms with E-state index in [1.54, 1.807) is 0 Å². The third-order valence-corrected chi connectivity index (χ3v) is 17.0. The maximum atomic E-state index is 12.9. The maximum absolute atomic E-state index is 12.9. The molecule has 0 spiro atoms. The van der Waals surface area contributed by atoms with Gasteiger partial charge in [0, 0.05) is 19.3 Å². The molecule has 0 rings (SSSR count). The average molecular weight is 1330 g/mol. The van der Waals surface area contributed by atoms with Crippen molar-refractivity contribution in [3.8, 4) is 0 Å². The Hall–Kier alpha value is -3.27. The minimum absolute atomic E-state index is 0.106. The molecule has 5 unspecified atom stereocenters. The second-order valence-corrected chi connectivity index (χ2v) is 26.9. The van der Waals surface area contributed by atoms with Crippen molar-refractivity contribution in [2.75, 3.05) is 39.6 Å². The van der Waals surface area contributed by atoms with Gasteiger partial charge in [-0.2, -0.15) is 0 Å². The molecule has 528 valence electrons. The van der Waals surface area contributed by atoms with E-state index in [2.05, 4.69) is 106 Å². The monoisotopic (exact) mass is 1320 g/mol. The molecule has 0 saturated heterocycles. The van der Waals surface area contributed by atoms with Crippen LogP contribution in [-0.4, -0.2) is 95.9 Å². The molecule has 0 saturated carbocycles. The number of esters is 3. The van der Waals surface area contributed by atoms with Gasteiger partial charge in [-0.1, -0.05) is 273 Å². The first-order chi connectivity index (χ1) is 44.2. The van der Waals surface area contributed by atoms with Gasteiger partial charge in [-0.25, -0.2) is 9.13 Å². The summed E-state index contributed by atoms with van der Waals surface area (Å²) in [6, 6.07) is 0. The van der Waals surface area contributed by atoms with Crippen molar-refractivity contribution in [3.05, 3.63) is 85.1 Å². The Morgan fingerprint density at radius 3 is 0.945 bits per heavy atom. The van der Waals surface area contributed by atoms with Crippen LogP contribution in [0.5, 0.6) is 0 Å². The van der Waals surface area contributed by atoms with Gasteiger partial charge in [0.25, 0.3) is 0 Å². The highest BCUT2D eigenvalue weighted by Crippen LogP contribution is 2.45. The van der Waals surface area contributed by atoms with Crippen molar-refractivity contribution < 1.29 is 75.8 Å². The Kier molecular flexibility index (Phi) is 64.3. The third kappa shape index (κ3) is 67.9. The molecular formula is C73H130O16P2. The first kappa shape index (κ1) is 87.7. The van der Waals surface area contributed by atoms with Gasteiger partial charge in [-0.05, 0) is 96.3 Å². The Bertz CT molecular complexity index is 2000. The molecule has 0 aromatic heterocycles. The van der Waals surface area contributed by atoms with Crippen LogP contribution in [0.3, 0.4) is 0 Å². The summed E-state index contributed by atoms with van der Waals surface area (Å²) >= 11 is 0. The van der Waals surface area contributed by atoms with Crippen LogP contribution >= 0.6 is 15.6 Å². The van der Waals surface area contributed by atoms with Crippen molar-refractivity contribution in [1.29, 1.82) is 0 Å². The number of aliphatic hydroxyl groups is 2. The van der Waals surface area contributed by atoms with Crippen molar-refractivity contribution in [3.63, 3.8) is 0 Å². The van der Waals surface area contributed by atoms with E-state index in [9.17, 15) is 43.5 Å². The topological polar surface area (TPSA) is 231 Å². The van der Waals surface area contributed by atoms with E-state index in [0.717, 1.165) is 141 Å². The Balaban J connectivity index is 4.54. The van der Waals surface area contributed by atoms with Gasteiger partial charge < -0.3 is 34.2 Å². The average Bonchev–Trinajstić information content (AvgIpc) is 3.75. The van der Waals surface area contributed by atoms with Crippen LogP contribution in [0.4, 0.5) is 0 Å². The molecule has 0 radical (unpaired) electrons. The predicted molar refractivity (Wildman–Crippen MR) is 371 cm³/mol. The zero-order valence-corrected chi connectivity index (χ0v) is 59.0. The first-order valence-corrected chi connectivity index (χ1v) is 38.9. The molecule has 0 aliphatic rings. The number of hydrogen-bond donors (Lipinski definition) is 4. The summed E-state index contributed by atoms with van der Waals surface area (Å²) in [6.07, 6.45) is 72.0. The van der Waals surface area contributed by atoms with Crippen molar-refractivity contribution in [2.45, 2.75) is 322 Å². The molecule has 5 atom stereocenters. The van der Waals surface area contributed by atoms with E-state index in [0.29, 0.717) is 19.3 Å². The number of carbonyl (C=O) groups excluding carboxylic acids is 3. The van der Waals surface area contributed by atoms with Gasteiger partial charge in [-0.3, -0.25) is 32.5 Å². The summed E-state index contributed by atoms with van der Waals surface area (Å²) < 4.78 is 60.9. The van der Waals surface area contributed by atoms with Crippen molar-refractivity contribution in [1.82, 2.24) is 0 Å². The largest absolute Gasteiger partial charge is 0.472 e. The molecule has 0 aromatic rings. The molecule has 0 amide bonds. The number of phosphoric acid groups is 2. The summed E-state index contributed by atoms with van der Waals surface area (Å²) in [6.45, 7) is 2.54. The van der Waals surface area contributed by atoms with E-state index in [4.69, 9.17) is 32.3 Å². The zero-order chi connectivity index (χ0) is 66.7. The number of aliphatic hydroxyl groups excluding tert-OH is 2. The lowest BCUT2D eigenvalue weighted by Crippen LogP contribution is -2.30. The summed E-state index contributed by atoms with van der Waals surface area (Å²) in [5.41, 5.74) is 0. The SMILES string of the molecule is CC/C=C\C/C=C\C/C=C\CCCCCCCCCC(=O)OCC(COP(=O)(O)OCC(O)COP(=O)(O)OCC(O)COC(=O)CCCCCCCCCCC/C=C\C/C=C\C/C=C\C/C=C\CCCCC)OC(=O)CCCCCCCCCCCCCCC. The predicted octanol–water partition coefficient (Wildman–Crippen LogP) is 20.1. The summed E-state index contributed by atoms with van der Waals surface area (Å²) in [5.74, 6) is -1.58. The second-order valence-electron chi connectivity index (χ2n) is 24.0. The van der Waals surface area contributed by atoms with E-state index in [-0.39, 0.29) is 19.3 Å². The van der Waals surface area contributed by atoms with E-state index < -0.39 is 91.5 Å². The molecular weight excluding hydrogens is 1190 g/mol. The van der Waals surface area contributed by atoms with Gasteiger partial charge in [0.05, 0.1) is 26.4 Å². The molecule has 0 bridgehead atoms. The van der Waals surface area contributed by atoms with Gasteiger partial charge in [-0.15, -0.1) is 0 Å². The molecule has 0 fully saturated rings. The molecule has 18 heteroatoms. The van der Waals surface area contributed by atoms with Gasteiger partial charge in [0.15, 0.2) is 6.10 Å². The normalized spacial score (nSPS) is 14.7. The zero-order valence-electron chi connectivity index (χ0n) is 57.3. The number of rotatable bonds is 68. The molecule has 0 aliphatic carbocycles. The Labute approximate surface area is 553 Å². The standard InChI is InChI=1S/C73H130O16P2/c1-4-7-10-13-16-19-22-25-27-29-30-31-32-33-34-35-36-38-40-42-44-47-50-53-56-59-71(76)83-62-68(74)63-85-90(79,80)86-64-69(75)65-87-91(81,82)88-67-70(89-73(78)61-58-55-52-49-46-41-24-21-18-15-12-9-6-3)66-84-72(77)60-57-54-51-48-45-43-39-37-28-26-23-20-17-14-11-8-5-2/h8,11,16-17,19-20,25-28,30-31,33-34,68-70,74-75H,4-7,9-10,12-15,18,21-24,29,32,35-67H2,1-3H3,(H,79,80)(H,81,82)/b11-8-,19-16-,20-17-,27-25-,28-26-,31-30-,34-33-. The van der Waals surface area contributed by atoms with Crippen molar-refractivity contribution in [2.24, 2.45) is 0 Å². The van der Waals surface area contributed by atoms with Crippen molar-refractivity contribution >= 4 is 33.6 Å². The highest BCUT2D eigenvalue weighted by atomic mass is 31.2. The van der Waals surface area contributed by atoms with Crippen LogP contribution < -0.4 is 0 Å². The lowest BCUT2D eigenvalue weighted by Gasteiger charge is -2.21. The van der Waals surface area contributed by atoms with E-state index >= 15 is 0 Å². The number of carbonyl (C=O) groups is 3. The number of unbranched alkanes of at least 4 members (excludes halogenated alkanes) is 31. The fourth-order valence-corrected chi connectivity index (χ4v) is 11.2. The lowest BCUT2D eigenvalue weighted by atomic mass is 10.0. The molecule has 16 nitrogen and oxygen atoms in total. The minimum atomic E-state index is -4.92. The fraction of sp³-hybridized carbons (Fsp3) is 0.767. The van der Waals surface area contributed by atoms with Gasteiger partial charge in [0.2, 0.25) is 0 Å². The van der Waals surface area contributed by atoms with Gasteiger partial charge >= 0.3 is 33.6 Å². The quantitative estimate of drug-likeness (QED) is 0.0146. The van der Waals surface area contributed by atoms with E-state index in [1.165, 1.54) is 103 Å². The number of allylic oxidation sites excluding steroid dienone is 14. The van der Waals surface area contributed by atoms with Crippen LogP contribution in [0.25, 0.3) is 0 Å². The Morgan fingerprint density at radius 1 is 0.319 bits per heavy atom. The molecule has 0 aromatic carbocycles. The minimum Gasteiger partial charge on any atom is -0.463 e. The number of ether oxygens (including phenoxy) is 3. The highest BCUT2D eigenvalue weighted by molar-refractivity contribution is 7.47. The molecule has 0 aliphatic heterocycles. The Morgan fingerprint density at radius 2 is 0.582 bits per heavy atom. The number of hydrogen-bond acceptors (Lipinski definition) is 14. The smallest absolute Gasteiger partial charge is 0.463 e. The third-order valence-electron chi connectivity index (χ3n) is 15.1. The van der Waals surface area contributed by atoms with Crippen LogP contribution in [-0.2, 0) is 55.8 Å². The first-order valence-electron chi connectivity index (χ1n) is 35.9. The molecule has 91 heavy (non-hydrogen) atoms. The summed E-state index contributed by atoms with van der Waals surface area (Å²) in [5, 5.41) is 20.6. The second kappa shape index (κ2) is 66.7. The summed E-state index contributed by atoms with van der Waals surface area (Å²) in [7, 11) is -9.77.